The van der Waals surface area contributed by atoms with Crippen LogP contribution in [0.25, 0.3) is 0 Å². The Morgan fingerprint density at radius 2 is 2.00 bits per heavy atom. The Morgan fingerprint density at radius 1 is 1.26 bits per heavy atom. The molecule has 1 saturated heterocycles. The van der Waals surface area contributed by atoms with Crippen molar-refractivity contribution >= 4 is 29.3 Å². The Kier molecular flexibility index (Phi) is 3.69. The van der Waals surface area contributed by atoms with Crippen LogP contribution in [0.4, 0.5) is 5.69 Å². The summed E-state index contributed by atoms with van der Waals surface area (Å²) in [6.45, 7) is 3.96. The van der Waals surface area contributed by atoms with E-state index in [-0.39, 0.29) is 22.9 Å². The molecule has 1 unspecified atom stereocenters. The zero-order valence-corrected chi connectivity index (χ0v) is 12.3. The molecule has 7 heteroatoms. The number of fused-ring (bicyclic) bond motifs is 1. The van der Waals surface area contributed by atoms with Gasteiger partial charge in [-0.05, 0) is 37.1 Å². The highest BCUT2D eigenvalue weighted by Gasteiger charge is 2.33. The van der Waals surface area contributed by atoms with E-state index in [0.29, 0.717) is 18.7 Å². The molecule has 1 fully saturated rings. The Morgan fingerprint density at radius 3 is 2.74 bits per heavy atom. The molecule has 118 valence electrons. The lowest BCUT2D eigenvalue weighted by molar-refractivity contribution is -0.132. The molecule has 7 nitrogen and oxygen atoms in total. The number of likely N-dealkylation sites (tertiary alicyclic amines) is 1. The number of imide groups is 1. The minimum atomic E-state index is -0.552. The summed E-state index contributed by atoms with van der Waals surface area (Å²) in [4.78, 5) is 48.8. The number of carbonyl (C=O) groups excluding carboxylic acids is 4. The number of nitrogens with zero attached hydrogens (tertiary/aromatic N) is 1. The van der Waals surface area contributed by atoms with E-state index in [9.17, 15) is 19.2 Å². The second kappa shape index (κ2) is 5.68. The molecule has 23 heavy (non-hydrogen) atoms. The average Bonchev–Trinajstić information content (AvgIpc) is 3.12. The Bertz CT molecular complexity index is 741. The van der Waals surface area contributed by atoms with Gasteiger partial charge in [-0.15, -0.1) is 0 Å². The first-order valence-electron chi connectivity index (χ1n) is 7.25. The van der Waals surface area contributed by atoms with Crippen LogP contribution in [0.2, 0.25) is 0 Å². The van der Waals surface area contributed by atoms with E-state index in [1.165, 1.54) is 23.1 Å². The predicted octanol–water partition coefficient (Wildman–Crippen LogP) is 0.686. The van der Waals surface area contributed by atoms with Gasteiger partial charge in [-0.2, -0.15) is 0 Å². The lowest BCUT2D eigenvalue weighted by Gasteiger charge is -2.22. The van der Waals surface area contributed by atoms with E-state index in [1.807, 2.05) is 0 Å². The summed E-state index contributed by atoms with van der Waals surface area (Å²) in [7, 11) is 0. The van der Waals surface area contributed by atoms with Gasteiger partial charge in [0.05, 0.1) is 11.1 Å². The third-order valence-corrected chi connectivity index (χ3v) is 4.02. The average molecular weight is 313 g/mol. The molecule has 4 amide bonds. The largest absolute Gasteiger partial charge is 0.327 e. The summed E-state index contributed by atoms with van der Waals surface area (Å²) in [6.07, 6.45) is 2.52. The van der Waals surface area contributed by atoms with Crippen molar-refractivity contribution in [2.75, 3.05) is 11.9 Å². The summed E-state index contributed by atoms with van der Waals surface area (Å²) in [5.41, 5.74) is 0.937. The SMILES string of the molecule is C=CC(=O)N1CCCC1C(=O)Nc1ccc2c(c1)C(=O)NC2=O. The zero-order valence-electron chi connectivity index (χ0n) is 12.3. The maximum absolute atomic E-state index is 12.4. The number of carbonyl (C=O) groups is 4. The second-order valence-electron chi connectivity index (χ2n) is 5.43. The van der Waals surface area contributed by atoms with Crippen molar-refractivity contribution < 1.29 is 19.2 Å². The first-order chi connectivity index (χ1) is 11.0. The number of hydrogen-bond donors (Lipinski definition) is 2. The fourth-order valence-electron chi connectivity index (χ4n) is 2.89. The minimum absolute atomic E-state index is 0.234. The van der Waals surface area contributed by atoms with Crippen LogP contribution in [0.3, 0.4) is 0 Å². The number of amides is 4. The lowest BCUT2D eigenvalue weighted by Crippen LogP contribution is -2.42. The molecule has 3 rings (SSSR count). The van der Waals surface area contributed by atoms with Gasteiger partial charge in [0, 0.05) is 12.2 Å². The van der Waals surface area contributed by atoms with Crippen LogP contribution in [-0.4, -0.2) is 41.1 Å². The van der Waals surface area contributed by atoms with E-state index in [0.717, 1.165) is 6.42 Å². The number of benzene rings is 1. The number of anilines is 1. The third kappa shape index (κ3) is 2.61. The normalized spacial score (nSPS) is 19.3. The van der Waals surface area contributed by atoms with Gasteiger partial charge in [-0.25, -0.2) is 0 Å². The van der Waals surface area contributed by atoms with Gasteiger partial charge in [0.1, 0.15) is 6.04 Å². The smallest absolute Gasteiger partial charge is 0.259 e. The van der Waals surface area contributed by atoms with Crippen molar-refractivity contribution in [2.45, 2.75) is 18.9 Å². The van der Waals surface area contributed by atoms with Crippen molar-refractivity contribution in [3.63, 3.8) is 0 Å². The highest BCUT2D eigenvalue weighted by atomic mass is 16.2. The van der Waals surface area contributed by atoms with Gasteiger partial charge < -0.3 is 10.2 Å². The van der Waals surface area contributed by atoms with Crippen molar-refractivity contribution in [1.82, 2.24) is 10.2 Å². The second-order valence-corrected chi connectivity index (χ2v) is 5.43. The van der Waals surface area contributed by atoms with Gasteiger partial charge >= 0.3 is 0 Å². The summed E-state index contributed by atoms with van der Waals surface area (Å²) < 4.78 is 0. The van der Waals surface area contributed by atoms with Gasteiger partial charge in [0.25, 0.3) is 11.8 Å². The molecule has 1 aromatic rings. The predicted molar refractivity (Wildman–Crippen MR) is 81.8 cm³/mol. The Hall–Kier alpha value is -2.96. The summed E-state index contributed by atoms with van der Waals surface area (Å²) >= 11 is 0. The molecule has 1 atom stereocenters. The third-order valence-electron chi connectivity index (χ3n) is 4.02. The molecule has 1 aromatic carbocycles. The molecular weight excluding hydrogens is 298 g/mol. The quantitative estimate of drug-likeness (QED) is 0.634. The summed E-state index contributed by atoms with van der Waals surface area (Å²) in [6, 6.07) is 3.96. The van der Waals surface area contributed by atoms with Crippen LogP contribution >= 0.6 is 0 Å². The van der Waals surface area contributed by atoms with E-state index in [4.69, 9.17) is 0 Å². The molecule has 0 spiro atoms. The molecule has 2 aliphatic heterocycles. The number of hydrogen-bond acceptors (Lipinski definition) is 4. The van der Waals surface area contributed by atoms with Crippen molar-refractivity contribution in [1.29, 1.82) is 0 Å². The molecule has 0 aliphatic carbocycles. The fourth-order valence-corrected chi connectivity index (χ4v) is 2.89. The van der Waals surface area contributed by atoms with Gasteiger partial charge in [0.2, 0.25) is 11.8 Å². The summed E-state index contributed by atoms with van der Waals surface area (Å²) in [5.74, 6) is -1.52. The number of rotatable bonds is 3. The first kappa shape index (κ1) is 15.0. The molecule has 0 bridgehead atoms. The zero-order chi connectivity index (χ0) is 16.6. The molecule has 0 radical (unpaired) electrons. The summed E-state index contributed by atoms with van der Waals surface area (Å²) in [5, 5.41) is 4.89. The Balaban J connectivity index is 1.77. The van der Waals surface area contributed by atoms with Crippen LogP contribution in [0.15, 0.2) is 30.9 Å². The van der Waals surface area contributed by atoms with Crippen molar-refractivity contribution in [3.8, 4) is 0 Å². The highest BCUT2D eigenvalue weighted by molar-refractivity contribution is 6.22. The monoisotopic (exact) mass is 313 g/mol. The van der Waals surface area contributed by atoms with Gasteiger partial charge in [0.15, 0.2) is 0 Å². The fraction of sp³-hybridized carbons (Fsp3) is 0.250. The van der Waals surface area contributed by atoms with Crippen molar-refractivity contribution in [2.24, 2.45) is 0 Å². The molecule has 2 aliphatic rings. The lowest BCUT2D eigenvalue weighted by atomic mass is 10.1. The van der Waals surface area contributed by atoms with Crippen molar-refractivity contribution in [3.05, 3.63) is 42.0 Å². The molecule has 2 N–H and O–H groups in total. The van der Waals surface area contributed by atoms with E-state index >= 15 is 0 Å². The first-order valence-corrected chi connectivity index (χ1v) is 7.25. The molecular formula is C16H15N3O4. The van der Waals surface area contributed by atoms with Crippen LogP contribution < -0.4 is 10.6 Å². The highest BCUT2D eigenvalue weighted by Crippen LogP contribution is 2.23. The van der Waals surface area contributed by atoms with E-state index in [2.05, 4.69) is 17.2 Å². The van der Waals surface area contributed by atoms with E-state index in [1.54, 1.807) is 6.07 Å². The van der Waals surface area contributed by atoms with Crippen LogP contribution in [0, 0.1) is 0 Å². The van der Waals surface area contributed by atoms with E-state index < -0.39 is 17.9 Å². The topological polar surface area (TPSA) is 95.6 Å². The maximum Gasteiger partial charge on any atom is 0.259 e. The standard InChI is InChI=1S/C16H15N3O4/c1-2-13(20)19-7-3-4-12(19)16(23)17-9-5-6-10-11(8-9)15(22)18-14(10)21/h2,5-6,8,12H,1,3-4,7H2,(H,17,23)(H,18,21,22). The Labute approximate surface area is 132 Å². The molecule has 2 heterocycles. The van der Waals surface area contributed by atoms with Crippen LogP contribution in [0.5, 0.6) is 0 Å². The van der Waals surface area contributed by atoms with Gasteiger partial charge in [-0.3, -0.25) is 24.5 Å². The maximum atomic E-state index is 12.4. The van der Waals surface area contributed by atoms with Crippen LogP contribution in [0.1, 0.15) is 33.6 Å². The molecule has 0 aromatic heterocycles. The van der Waals surface area contributed by atoms with Crippen LogP contribution in [-0.2, 0) is 9.59 Å². The minimum Gasteiger partial charge on any atom is -0.327 e. The van der Waals surface area contributed by atoms with Gasteiger partial charge in [-0.1, -0.05) is 6.58 Å². The molecule has 0 saturated carbocycles. The number of nitrogens with one attached hydrogen (secondary N) is 2.